The van der Waals surface area contributed by atoms with Gasteiger partial charge in [-0.25, -0.2) is 0 Å². The highest BCUT2D eigenvalue weighted by atomic mass is 35.5. The summed E-state index contributed by atoms with van der Waals surface area (Å²) in [6.45, 7) is 1.81. The number of carbonyl (C=O) groups excluding carboxylic acids is 1. The SMILES string of the molecule is CCC(=O)Cc1nc(Cc2ccc(Cl)cc2)no1. The molecule has 0 radical (unpaired) electrons. The summed E-state index contributed by atoms with van der Waals surface area (Å²) in [4.78, 5) is 15.4. The van der Waals surface area contributed by atoms with Gasteiger partial charge in [0.15, 0.2) is 5.82 Å². The topological polar surface area (TPSA) is 56.0 Å². The van der Waals surface area contributed by atoms with Crippen molar-refractivity contribution in [1.82, 2.24) is 10.1 Å². The van der Waals surface area contributed by atoms with Crippen molar-refractivity contribution in [2.75, 3.05) is 0 Å². The average Bonchev–Trinajstić information content (AvgIpc) is 2.79. The highest BCUT2D eigenvalue weighted by molar-refractivity contribution is 6.30. The fourth-order valence-corrected chi connectivity index (χ4v) is 1.64. The number of hydrogen-bond donors (Lipinski definition) is 0. The first-order chi connectivity index (χ1) is 8.67. The van der Waals surface area contributed by atoms with E-state index in [9.17, 15) is 4.79 Å². The molecule has 0 amide bonds. The number of carbonyl (C=O) groups is 1. The Morgan fingerprint density at radius 2 is 2.06 bits per heavy atom. The molecule has 18 heavy (non-hydrogen) atoms. The van der Waals surface area contributed by atoms with Crippen molar-refractivity contribution >= 4 is 17.4 Å². The minimum Gasteiger partial charge on any atom is -0.339 e. The lowest BCUT2D eigenvalue weighted by atomic mass is 10.1. The molecule has 4 nitrogen and oxygen atoms in total. The van der Waals surface area contributed by atoms with Gasteiger partial charge in [0.1, 0.15) is 5.78 Å². The van der Waals surface area contributed by atoms with Crippen LogP contribution >= 0.6 is 11.6 Å². The van der Waals surface area contributed by atoms with E-state index in [2.05, 4.69) is 10.1 Å². The number of ketones is 1. The molecule has 0 saturated heterocycles. The molecule has 2 rings (SSSR count). The fourth-order valence-electron chi connectivity index (χ4n) is 1.51. The monoisotopic (exact) mass is 264 g/mol. The number of Topliss-reactive ketones (excluding diaryl/α,β-unsaturated/α-hetero) is 1. The maximum atomic E-state index is 11.2. The third-order valence-corrected chi connectivity index (χ3v) is 2.78. The molecule has 1 heterocycles. The maximum Gasteiger partial charge on any atom is 0.234 e. The lowest BCUT2D eigenvalue weighted by molar-refractivity contribution is -0.118. The molecule has 5 heteroatoms. The Kier molecular flexibility index (Phi) is 4.10. The summed E-state index contributed by atoms with van der Waals surface area (Å²) in [6.07, 6.45) is 1.26. The summed E-state index contributed by atoms with van der Waals surface area (Å²) >= 11 is 5.80. The Labute approximate surface area is 110 Å². The molecule has 0 fully saturated rings. The second-order valence-electron chi connectivity index (χ2n) is 3.98. The lowest BCUT2D eigenvalue weighted by Gasteiger charge is -1.96. The van der Waals surface area contributed by atoms with Gasteiger partial charge in [0.25, 0.3) is 0 Å². The van der Waals surface area contributed by atoms with E-state index >= 15 is 0 Å². The molecule has 0 saturated carbocycles. The quantitative estimate of drug-likeness (QED) is 0.833. The van der Waals surface area contributed by atoms with Gasteiger partial charge in [0.2, 0.25) is 5.89 Å². The zero-order valence-corrected chi connectivity index (χ0v) is 10.8. The van der Waals surface area contributed by atoms with Crippen molar-refractivity contribution in [3.8, 4) is 0 Å². The maximum absolute atomic E-state index is 11.2. The predicted octanol–water partition coefficient (Wildman–Crippen LogP) is 2.84. The molecule has 94 valence electrons. The Bertz CT molecular complexity index is 534. The van der Waals surface area contributed by atoms with Gasteiger partial charge in [-0.15, -0.1) is 0 Å². The molecule has 0 unspecified atom stereocenters. The first-order valence-electron chi connectivity index (χ1n) is 5.75. The van der Waals surface area contributed by atoms with Crippen molar-refractivity contribution in [2.24, 2.45) is 0 Å². The first kappa shape index (κ1) is 12.8. The average molecular weight is 265 g/mol. The van der Waals surface area contributed by atoms with E-state index in [4.69, 9.17) is 16.1 Å². The summed E-state index contributed by atoms with van der Waals surface area (Å²) in [5.41, 5.74) is 1.05. The molecular weight excluding hydrogens is 252 g/mol. The zero-order valence-electron chi connectivity index (χ0n) is 10.0. The number of rotatable bonds is 5. The van der Waals surface area contributed by atoms with Crippen LogP contribution in [0.3, 0.4) is 0 Å². The second kappa shape index (κ2) is 5.78. The van der Waals surface area contributed by atoms with Gasteiger partial charge in [-0.1, -0.05) is 35.8 Å². The molecule has 0 bridgehead atoms. The molecule has 0 N–H and O–H groups in total. The van der Waals surface area contributed by atoms with Crippen LogP contribution in [-0.4, -0.2) is 15.9 Å². The molecule has 0 spiro atoms. The van der Waals surface area contributed by atoms with Crippen LogP contribution in [-0.2, 0) is 17.6 Å². The Hall–Kier alpha value is -1.68. The number of halogens is 1. The summed E-state index contributed by atoms with van der Waals surface area (Å²) in [6, 6.07) is 7.46. The van der Waals surface area contributed by atoms with E-state index in [1.807, 2.05) is 31.2 Å². The molecule has 0 atom stereocenters. The van der Waals surface area contributed by atoms with Gasteiger partial charge in [-0.2, -0.15) is 4.98 Å². The molecule has 1 aromatic carbocycles. The Morgan fingerprint density at radius 3 is 2.72 bits per heavy atom. The number of benzene rings is 1. The minimum atomic E-state index is 0.0942. The zero-order chi connectivity index (χ0) is 13.0. The number of aromatic nitrogens is 2. The highest BCUT2D eigenvalue weighted by Crippen LogP contribution is 2.12. The van der Waals surface area contributed by atoms with E-state index in [1.165, 1.54) is 0 Å². The molecule has 2 aromatic rings. The van der Waals surface area contributed by atoms with E-state index in [0.29, 0.717) is 29.6 Å². The van der Waals surface area contributed by atoms with Crippen LogP contribution in [0.4, 0.5) is 0 Å². The largest absolute Gasteiger partial charge is 0.339 e. The second-order valence-corrected chi connectivity index (χ2v) is 4.41. The number of hydrogen-bond acceptors (Lipinski definition) is 4. The van der Waals surface area contributed by atoms with Gasteiger partial charge in [-0.05, 0) is 17.7 Å². The van der Waals surface area contributed by atoms with Gasteiger partial charge in [0.05, 0.1) is 6.42 Å². The van der Waals surface area contributed by atoms with E-state index in [1.54, 1.807) is 0 Å². The fraction of sp³-hybridized carbons (Fsp3) is 0.308. The Balaban J connectivity index is 2.02. The molecule has 0 aliphatic rings. The Morgan fingerprint density at radius 1 is 1.33 bits per heavy atom. The van der Waals surface area contributed by atoms with E-state index in [0.717, 1.165) is 5.56 Å². The van der Waals surface area contributed by atoms with Crippen molar-refractivity contribution in [1.29, 1.82) is 0 Å². The van der Waals surface area contributed by atoms with Crippen molar-refractivity contribution in [3.63, 3.8) is 0 Å². The highest BCUT2D eigenvalue weighted by Gasteiger charge is 2.10. The van der Waals surface area contributed by atoms with Crippen LogP contribution in [0.25, 0.3) is 0 Å². The van der Waals surface area contributed by atoms with Gasteiger partial charge >= 0.3 is 0 Å². The lowest BCUT2D eigenvalue weighted by Crippen LogP contribution is -2.00. The molecule has 0 aliphatic heterocycles. The van der Waals surface area contributed by atoms with Gasteiger partial charge in [0, 0.05) is 17.9 Å². The summed E-state index contributed by atoms with van der Waals surface area (Å²) in [5, 5.41) is 4.55. The van der Waals surface area contributed by atoms with E-state index in [-0.39, 0.29) is 12.2 Å². The van der Waals surface area contributed by atoms with Gasteiger partial charge < -0.3 is 4.52 Å². The van der Waals surface area contributed by atoms with Crippen molar-refractivity contribution in [3.05, 3.63) is 46.6 Å². The van der Waals surface area contributed by atoms with Crippen molar-refractivity contribution < 1.29 is 9.32 Å². The van der Waals surface area contributed by atoms with Crippen molar-refractivity contribution in [2.45, 2.75) is 26.2 Å². The molecule has 0 aliphatic carbocycles. The number of nitrogens with zero attached hydrogens (tertiary/aromatic N) is 2. The predicted molar refractivity (Wildman–Crippen MR) is 67.6 cm³/mol. The third kappa shape index (κ3) is 3.40. The van der Waals surface area contributed by atoms with Crippen LogP contribution in [0.5, 0.6) is 0 Å². The standard InChI is InChI=1S/C13H13ClN2O2/c1-2-11(17)8-13-15-12(16-18-13)7-9-3-5-10(14)6-4-9/h3-6H,2,7-8H2,1H3. The summed E-state index contributed by atoms with van der Waals surface area (Å²) in [5.74, 6) is 1.05. The first-order valence-corrected chi connectivity index (χ1v) is 6.12. The van der Waals surface area contributed by atoms with Gasteiger partial charge in [-0.3, -0.25) is 4.79 Å². The van der Waals surface area contributed by atoms with E-state index < -0.39 is 0 Å². The van der Waals surface area contributed by atoms with Crippen LogP contribution in [0.2, 0.25) is 5.02 Å². The van der Waals surface area contributed by atoms with Crippen LogP contribution < -0.4 is 0 Å². The minimum absolute atomic E-state index is 0.0942. The van der Waals surface area contributed by atoms with Crippen LogP contribution in [0.15, 0.2) is 28.8 Å². The molecular formula is C13H13ClN2O2. The smallest absolute Gasteiger partial charge is 0.234 e. The normalized spacial score (nSPS) is 10.6. The van der Waals surface area contributed by atoms with Crippen LogP contribution in [0.1, 0.15) is 30.6 Å². The van der Waals surface area contributed by atoms with Crippen LogP contribution in [0, 0.1) is 0 Å². The molecule has 1 aromatic heterocycles. The summed E-state index contributed by atoms with van der Waals surface area (Å²) < 4.78 is 5.03. The third-order valence-electron chi connectivity index (χ3n) is 2.53. The summed E-state index contributed by atoms with van der Waals surface area (Å²) in [7, 11) is 0.